The molecule has 0 fully saturated rings. The molecular formula is C13H16N4O. The van der Waals surface area contributed by atoms with Crippen LogP contribution in [0.2, 0.25) is 0 Å². The maximum Gasteiger partial charge on any atom is 0.223 e. The molecule has 18 heavy (non-hydrogen) atoms. The first-order valence-electron chi connectivity index (χ1n) is 5.71. The summed E-state index contributed by atoms with van der Waals surface area (Å²) in [6.45, 7) is 0.646. The van der Waals surface area contributed by atoms with Crippen LogP contribution in [0.25, 0.3) is 11.3 Å². The molecule has 4 N–H and O–H groups in total. The molecule has 0 atom stereocenters. The van der Waals surface area contributed by atoms with Crippen LogP contribution in [0.5, 0.6) is 5.88 Å². The average Bonchev–Trinajstić information content (AvgIpc) is 2.39. The second kappa shape index (κ2) is 5.46. The minimum atomic E-state index is 0.204. The van der Waals surface area contributed by atoms with Crippen molar-refractivity contribution >= 4 is 5.95 Å². The van der Waals surface area contributed by atoms with Gasteiger partial charge in [0.25, 0.3) is 0 Å². The smallest absolute Gasteiger partial charge is 0.223 e. The minimum Gasteiger partial charge on any atom is -0.481 e. The van der Waals surface area contributed by atoms with Gasteiger partial charge in [-0.15, -0.1) is 0 Å². The molecule has 0 radical (unpaired) electrons. The molecule has 5 nitrogen and oxygen atoms in total. The van der Waals surface area contributed by atoms with Gasteiger partial charge in [-0.05, 0) is 18.5 Å². The fourth-order valence-electron chi connectivity index (χ4n) is 1.70. The number of hydrogen-bond donors (Lipinski definition) is 2. The van der Waals surface area contributed by atoms with Gasteiger partial charge in [0.05, 0.1) is 12.8 Å². The zero-order chi connectivity index (χ0) is 13.0. The van der Waals surface area contributed by atoms with E-state index >= 15 is 0 Å². The Balaban J connectivity index is 2.33. The van der Waals surface area contributed by atoms with Crippen molar-refractivity contribution in [3.8, 4) is 17.1 Å². The molecule has 0 spiro atoms. The molecule has 5 heteroatoms. The highest BCUT2D eigenvalue weighted by Crippen LogP contribution is 2.22. The average molecular weight is 244 g/mol. The number of anilines is 1. The zero-order valence-electron chi connectivity index (χ0n) is 10.3. The number of methoxy groups -OCH3 is 1. The van der Waals surface area contributed by atoms with Gasteiger partial charge in [0.1, 0.15) is 0 Å². The number of ether oxygens (including phenoxy) is 1. The van der Waals surface area contributed by atoms with E-state index in [-0.39, 0.29) is 5.95 Å². The number of benzene rings is 1. The van der Waals surface area contributed by atoms with E-state index in [4.69, 9.17) is 16.2 Å². The first-order valence-corrected chi connectivity index (χ1v) is 5.71. The molecular weight excluding hydrogens is 228 g/mol. The van der Waals surface area contributed by atoms with E-state index in [1.165, 1.54) is 5.56 Å². The van der Waals surface area contributed by atoms with E-state index in [2.05, 4.69) is 9.97 Å². The fourth-order valence-corrected chi connectivity index (χ4v) is 1.70. The van der Waals surface area contributed by atoms with Crippen molar-refractivity contribution < 1.29 is 4.74 Å². The second-order valence-electron chi connectivity index (χ2n) is 3.89. The summed E-state index contributed by atoms with van der Waals surface area (Å²) >= 11 is 0. The van der Waals surface area contributed by atoms with Gasteiger partial charge in [-0.25, -0.2) is 4.98 Å². The predicted molar refractivity (Wildman–Crippen MR) is 71.2 cm³/mol. The third-order valence-electron chi connectivity index (χ3n) is 2.61. The van der Waals surface area contributed by atoms with Crippen LogP contribution in [-0.2, 0) is 6.42 Å². The van der Waals surface area contributed by atoms with E-state index in [9.17, 15) is 0 Å². The Morgan fingerprint density at radius 3 is 2.50 bits per heavy atom. The lowest BCUT2D eigenvalue weighted by atomic mass is 10.1. The number of nitrogens with two attached hydrogens (primary N) is 2. The molecule has 0 bridgehead atoms. The Labute approximate surface area is 106 Å². The molecule has 1 heterocycles. The van der Waals surface area contributed by atoms with Gasteiger partial charge < -0.3 is 16.2 Å². The number of nitrogens with zero attached hydrogens (tertiary/aromatic N) is 2. The number of nitrogen functional groups attached to an aromatic ring is 1. The van der Waals surface area contributed by atoms with Crippen molar-refractivity contribution in [3.63, 3.8) is 0 Å². The van der Waals surface area contributed by atoms with Crippen molar-refractivity contribution in [2.45, 2.75) is 6.42 Å². The van der Waals surface area contributed by atoms with Gasteiger partial charge in [0.2, 0.25) is 11.8 Å². The highest BCUT2D eigenvalue weighted by atomic mass is 16.5. The van der Waals surface area contributed by atoms with Gasteiger partial charge in [0.15, 0.2) is 0 Å². The predicted octanol–water partition coefficient (Wildman–Crippen LogP) is 1.24. The fraction of sp³-hybridized carbons (Fsp3) is 0.231. The molecule has 2 rings (SSSR count). The lowest BCUT2D eigenvalue weighted by Gasteiger charge is -2.06. The standard InChI is InChI=1S/C13H16N4O/c1-18-12-8-11(16-13(15)17-12)10-4-2-9(3-5-10)6-7-14/h2-5,8H,6-7,14H2,1H3,(H2,15,16,17). The molecule has 1 aromatic heterocycles. The van der Waals surface area contributed by atoms with Gasteiger partial charge >= 0.3 is 0 Å². The van der Waals surface area contributed by atoms with Crippen LogP contribution in [0, 0.1) is 0 Å². The molecule has 0 aliphatic carbocycles. The summed E-state index contributed by atoms with van der Waals surface area (Å²) in [4.78, 5) is 8.14. The monoisotopic (exact) mass is 244 g/mol. The Hall–Kier alpha value is -2.14. The van der Waals surface area contributed by atoms with Crippen LogP contribution in [0.1, 0.15) is 5.56 Å². The van der Waals surface area contributed by atoms with E-state index in [1.807, 2.05) is 24.3 Å². The summed E-state index contributed by atoms with van der Waals surface area (Å²) in [6, 6.07) is 9.81. The van der Waals surface area contributed by atoms with E-state index < -0.39 is 0 Å². The topological polar surface area (TPSA) is 87.0 Å². The number of aromatic nitrogens is 2. The van der Waals surface area contributed by atoms with Gasteiger partial charge in [-0.2, -0.15) is 4.98 Å². The Morgan fingerprint density at radius 1 is 1.17 bits per heavy atom. The van der Waals surface area contributed by atoms with Crippen molar-refractivity contribution in [1.29, 1.82) is 0 Å². The van der Waals surface area contributed by atoms with Crippen molar-refractivity contribution in [1.82, 2.24) is 9.97 Å². The molecule has 94 valence electrons. The summed E-state index contributed by atoms with van der Waals surface area (Å²) in [5.41, 5.74) is 14.1. The summed E-state index contributed by atoms with van der Waals surface area (Å²) in [7, 11) is 1.55. The van der Waals surface area contributed by atoms with E-state index in [1.54, 1.807) is 13.2 Å². The summed E-state index contributed by atoms with van der Waals surface area (Å²) < 4.78 is 5.07. The lowest BCUT2D eigenvalue weighted by Crippen LogP contribution is -2.02. The summed E-state index contributed by atoms with van der Waals surface area (Å²) in [6.07, 6.45) is 0.871. The van der Waals surface area contributed by atoms with Gasteiger partial charge in [-0.1, -0.05) is 24.3 Å². The van der Waals surface area contributed by atoms with Crippen molar-refractivity contribution in [3.05, 3.63) is 35.9 Å². The zero-order valence-corrected chi connectivity index (χ0v) is 10.3. The maximum absolute atomic E-state index is 5.63. The third-order valence-corrected chi connectivity index (χ3v) is 2.61. The molecule has 2 aromatic rings. The molecule has 0 saturated heterocycles. The van der Waals surface area contributed by atoms with Crippen LogP contribution >= 0.6 is 0 Å². The second-order valence-corrected chi connectivity index (χ2v) is 3.89. The molecule has 0 aliphatic heterocycles. The largest absolute Gasteiger partial charge is 0.481 e. The van der Waals surface area contributed by atoms with Crippen LogP contribution in [0.15, 0.2) is 30.3 Å². The highest BCUT2D eigenvalue weighted by Gasteiger charge is 2.05. The third kappa shape index (κ3) is 2.75. The van der Waals surface area contributed by atoms with Crippen LogP contribution < -0.4 is 16.2 Å². The van der Waals surface area contributed by atoms with Gasteiger partial charge in [0, 0.05) is 11.6 Å². The highest BCUT2D eigenvalue weighted by molar-refractivity contribution is 5.61. The van der Waals surface area contributed by atoms with Gasteiger partial charge in [-0.3, -0.25) is 0 Å². The lowest BCUT2D eigenvalue weighted by molar-refractivity contribution is 0.398. The summed E-state index contributed by atoms with van der Waals surface area (Å²) in [5, 5.41) is 0. The van der Waals surface area contributed by atoms with Crippen molar-refractivity contribution in [2.24, 2.45) is 5.73 Å². The first kappa shape index (κ1) is 12.3. The molecule has 0 aliphatic rings. The quantitative estimate of drug-likeness (QED) is 0.844. The van der Waals surface area contributed by atoms with E-state index in [0.29, 0.717) is 12.4 Å². The normalized spacial score (nSPS) is 10.3. The maximum atomic E-state index is 5.63. The Bertz CT molecular complexity index is 525. The first-order chi connectivity index (χ1) is 8.72. The van der Waals surface area contributed by atoms with Crippen LogP contribution in [0.4, 0.5) is 5.95 Å². The molecule has 0 amide bonds. The SMILES string of the molecule is COc1cc(-c2ccc(CCN)cc2)nc(N)n1. The van der Waals surface area contributed by atoms with Crippen LogP contribution in [-0.4, -0.2) is 23.6 Å². The Morgan fingerprint density at radius 2 is 1.89 bits per heavy atom. The van der Waals surface area contributed by atoms with E-state index in [0.717, 1.165) is 17.7 Å². The van der Waals surface area contributed by atoms with Crippen LogP contribution in [0.3, 0.4) is 0 Å². The minimum absolute atomic E-state index is 0.204. The molecule has 1 aromatic carbocycles. The Kier molecular flexibility index (Phi) is 3.74. The summed E-state index contributed by atoms with van der Waals surface area (Å²) in [5.74, 6) is 0.666. The molecule has 0 saturated carbocycles. The molecule has 0 unspecified atom stereocenters. The number of hydrogen-bond acceptors (Lipinski definition) is 5. The number of rotatable bonds is 4. The van der Waals surface area contributed by atoms with Crippen molar-refractivity contribution in [2.75, 3.05) is 19.4 Å².